The summed E-state index contributed by atoms with van der Waals surface area (Å²) in [7, 11) is 0. The van der Waals surface area contributed by atoms with Gasteiger partial charge in [-0.25, -0.2) is 4.98 Å². The van der Waals surface area contributed by atoms with E-state index < -0.39 is 0 Å². The van der Waals surface area contributed by atoms with E-state index in [4.69, 9.17) is 0 Å². The summed E-state index contributed by atoms with van der Waals surface area (Å²) < 4.78 is 0. The molecule has 1 N–H and O–H groups in total. The van der Waals surface area contributed by atoms with Crippen LogP contribution in [0.25, 0.3) is 0 Å². The lowest BCUT2D eigenvalue weighted by atomic mass is 10.1. The fourth-order valence-corrected chi connectivity index (χ4v) is 3.78. The molecular formula is C16H29N3S. The molecule has 0 amide bonds. The van der Waals surface area contributed by atoms with Gasteiger partial charge < -0.3 is 10.2 Å². The minimum absolute atomic E-state index is 0.385. The van der Waals surface area contributed by atoms with Gasteiger partial charge in [0.25, 0.3) is 0 Å². The monoisotopic (exact) mass is 295 g/mol. The summed E-state index contributed by atoms with van der Waals surface area (Å²) in [6, 6.07) is 1.70. The van der Waals surface area contributed by atoms with Gasteiger partial charge in [0.1, 0.15) is 5.01 Å². The quantitative estimate of drug-likeness (QED) is 0.899. The zero-order valence-electron chi connectivity index (χ0n) is 13.4. The highest BCUT2D eigenvalue weighted by molar-refractivity contribution is 7.11. The third-order valence-electron chi connectivity index (χ3n) is 4.27. The second-order valence-electron chi connectivity index (χ2n) is 6.16. The Morgan fingerprint density at radius 2 is 2.15 bits per heavy atom. The van der Waals surface area contributed by atoms with E-state index in [1.807, 2.05) is 17.5 Å². The average molecular weight is 295 g/mol. The Morgan fingerprint density at radius 1 is 1.35 bits per heavy atom. The summed E-state index contributed by atoms with van der Waals surface area (Å²) in [6.45, 7) is 11.5. The van der Waals surface area contributed by atoms with E-state index in [1.165, 1.54) is 42.2 Å². The molecule has 2 atom stereocenters. The summed E-state index contributed by atoms with van der Waals surface area (Å²) in [6.07, 6.45) is 6.98. The number of hydrogen-bond donors (Lipinski definition) is 1. The molecule has 0 aromatic carbocycles. The number of aromatic nitrogens is 1. The van der Waals surface area contributed by atoms with Crippen molar-refractivity contribution in [3.05, 3.63) is 16.1 Å². The van der Waals surface area contributed by atoms with Crippen molar-refractivity contribution < 1.29 is 0 Å². The first kappa shape index (κ1) is 15.9. The second-order valence-corrected chi connectivity index (χ2v) is 7.31. The van der Waals surface area contributed by atoms with Crippen LogP contribution in [-0.2, 0) is 6.42 Å². The van der Waals surface area contributed by atoms with E-state index in [1.54, 1.807) is 0 Å². The highest BCUT2D eigenvalue weighted by Crippen LogP contribution is 2.22. The molecule has 1 aromatic heterocycles. The van der Waals surface area contributed by atoms with Crippen LogP contribution in [-0.4, -0.2) is 35.1 Å². The summed E-state index contributed by atoms with van der Waals surface area (Å²) in [5.74, 6) is 0. The van der Waals surface area contributed by atoms with E-state index in [0.29, 0.717) is 18.1 Å². The van der Waals surface area contributed by atoms with Crippen LogP contribution in [0.15, 0.2) is 6.20 Å². The average Bonchev–Trinajstić information content (AvgIpc) is 2.79. The molecule has 4 heteroatoms. The van der Waals surface area contributed by atoms with Crippen LogP contribution >= 0.6 is 11.3 Å². The first-order chi connectivity index (χ1) is 9.60. The summed E-state index contributed by atoms with van der Waals surface area (Å²) in [5, 5.41) is 5.04. The molecule has 1 fully saturated rings. The Morgan fingerprint density at radius 3 is 2.80 bits per heavy atom. The van der Waals surface area contributed by atoms with Gasteiger partial charge in [-0.2, -0.15) is 0 Å². The summed E-state index contributed by atoms with van der Waals surface area (Å²) in [5.41, 5.74) is 0. The highest BCUT2D eigenvalue weighted by Gasteiger charge is 2.21. The van der Waals surface area contributed by atoms with Gasteiger partial charge in [-0.15, -0.1) is 11.3 Å². The van der Waals surface area contributed by atoms with Gasteiger partial charge in [-0.05, 0) is 59.5 Å². The number of hydrogen-bond acceptors (Lipinski definition) is 4. The van der Waals surface area contributed by atoms with Crippen molar-refractivity contribution in [2.45, 2.75) is 71.5 Å². The predicted octanol–water partition coefficient (Wildman–Crippen LogP) is 3.62. The first-order valence-corrected chi connectivity index (χ1v) is 8.86. The molecule has 2 rings (SSSR count). The van der Waals surface area contributed by atoms with Crippen LogP contribution < -0.4 is 5.32 Å². The van der Waals surface area contributed by atoms with E-state index >= 15 is 0 Å². The minimum Gasteiger partial charge on any atom is -0.305 e. The minimum atomic E-state index is 0.385. The molecule has 3 nitrogen and oxygen atoms in total. The molecule has 2 heterocycles. The molecule has 0 spiro atoms. The largest absolute Gasteiger partial charge is 0.305 e. The maximum absolute atomic E-state index is 4.56. The predicted molar refractivity (Wildman–Crippen MR) is 87.4 cm³/mol. The molecule has 0 saturated carbocycles. The Bertz CT molecular complexity index is 402. The standard InChI is InChI=1S/C16H29N3S/c1-5-15-11-17-16(20-15)13(4)18-14-7-6-9-19(10-8-14)12(2)3/h11-14,18H,5-10H2,1-4H3. The number of nitrogens with one attached hydrogen (secondary N) is 1. The molecule has 0 bridgehead atoms. The number of likely N-dealkylation sites (tertiary alicyclic amines) is 1. The molecule has 1 aliphatic rings. The molecule has 114 valence electrons. The molecule has 0 radical (unpaired) electrons. The molecular weight excluding hydrogens is 266 g/mol. The van der Waals surface area contributed by atoms with Crippen molar-refractivity contribution >= 4 is 11.3 Å². The fraction of sp³-hybridized carbons (Fsp3) is 0.812. The van der Waals surface area contributed by atoms with Crippen molar-refractivity contribution in [3.63, 3.8) is 0 Å². The van der Waals surface area contributed by atoms with E-state index in [0.717, 1.165) is 6.42 Å². The Kier molecular flexibility index (Phi) is 6.00. The molecule has 20 heavy (non-hydrogen) atoms. The smallest absolute Gasteiger partial charge is 0.109 e. The second kappa shape index (κ2) is 7.53. The maximum atomic E-state index is 4.56. The number of rotatable bonds is 5. The lowest BCUT2D eigenvalue weighted by Gasteiger charge is -2.25. The Labute approximate surface area is 127 Å². The first-order valence-electron chi connectivity index (χ1n) is 8.04. The van der Waals surface area contributed by atoms with E-state index in [9.17, 15) is 0 Å². The van der Waals surface area contributed by atoms with Gasteiger partial charge in [0.15, 0.2) is 0 Å². The normalized spacial score (nSPS) is 22.9. The van der Waals surface area contributed by atoms with Crippen LogP contribution in [0.3, 0.4) is 0 Å². The van der Waals surface area contributed by atoms with Crippen molar-refractivity contribution in [3.8, 4) is 0 Å². The lowest BCUT2D eigenvalue weighted by molar-refractivity contribution is 0.228. The van der Waals surface area contributed by atoms with Gasteiger partial charge in [0.2, 0.25) is 0 Å². The van der Waals surface area contributed by atoms with Gasteiger partial charge >= 0.3 is 0 Å². The molecule has 0 aliphatic carbocycles. The summed E-state index contributed by atoms with van der Waals surface area (Å²) in [4.78, 5) is 8.56. The van der Waals surface area contributed by atoms with Crippen LogP contribution in [0, 0.1) is 0 Å². The number of nitrogens with zero attached hydrogens (tertiary/aromatic N) is 2. The highest BCUT2D eigenvalue weighted by atomic mass is 32.1. The molecule has 1 saturated heterocycles. The van der Waals surface area contributed by atoms with E-state index in [2.05, 4.69) is 42.9 Å². The topological polar surface area (TPSA) is 28.2 Å². The van der Waals surface area contributed by atoms with Crippen molar-refractivity contribution in [2.75, 3.05) is 13.1 Å². The van der Waals surface area contributed by atoms with E-state index in [-0.39, 0.29) is 0 Å². The zero-order valence-corrected chi connectivity index (χ0v) is 14.2. The third-order valence-corrected chi connectivity index (χ3v) is 5.59. The van der Waals surface area contributed by atoms with Crippen molar-refractivity contribution in [1.29, 1.82) is 0 Å². The van der Waals surface area contributed by atoms with Gasteiger partial charge in [0, 0.05) is 23.2 Å². The lowest BCUT2D eigenvalue weighted by Crippen LogP contribution is -2.34. The van der Waals surface area contributed by atoms with Crippen molar-refractivity contribution in [2.24, 2.45) is 0 Å². The molecule has 1 aromatic rings. The zero-order chi connectivity index (χ0) is 14.5. The number of aryl methyl sites for hydroxylation is 1. The number of thiazole rings is 1. The van der Waals surface area contributed by atoms with Crippen molar-refractivity contribution in [1.82, 2.24) is 15.2 Å². The Hall–Kier alpha value is -0.450. The van der Waals surface area contributed by atoms with Crippen LogP contribution in [0.4, 0.5) is 0 Å². The third kappa shape index (κ3) is 4.27. The van der Waals surface area contributed by atoms with Gasteiger partial charge in [-0.3, -0.25) is 0 Å². The molecule has 1 aliphatic heterocycles. The SMILES string of the molecule is CCc1cnc(C(C)NC2CCCN(C(C)C)CC2)s1. The maximum Gasteiger partial charge on any atom is 0.109 e. The van der Waals surface area contributed by atoms with Crippen LogP contribution in [0.5, 0.6) is 0 Å². The fourth-order valence-electron chi connectivity index (χ4n) is 2.91. The Balaban J connectivity index is 1.86. The van der Waals surface area contributed by atoms with Crippen LogP contribution in [0.1, 0.15) is 62.9 Å². The van der Waals surface area contributed by atoms with Gasteiger partial charge in [0.05, 0.1) is 6.04 Å². The molecule has 2 unspecified atom stereocenters. The van der Waals surface area contributed by atoms with Gasteiger partial charge in [-0.1, -0.05) is 6.92 Å². The van der Waals surface area contributed by atoms with Crippen LogP contribution in [0.2, 0.25) is 0 Å². The summed E-state index contributed by atoms with van der Waals surface area (Å²) >= 11 is 1.86.